The van der Waals surface area contributed by atoms with Crippen molar-refractivity contribution in [2.75, 3.05) is 16.3 Å². The second-order valence-corrected chi connectivity index (χ2v) is 8.25. The molecule has 0 radical (unpaired) electrons. The Balaban J connectivity index is 2.19. The summed E-state index contributed by atoms with van der Waals surface area (Å²) in [5.74, 6) is -0.575. The van der Waals surface area contributed by atoms with Crippen LogP contribution < -0.4 is 10.0 Å². The fraction of sp³-hybridized carbons (Fsp3) is 0.600. The highest BCUT2D eigenvalue weighted by molar-refractivity contribution is 7.92. The van der Waals surface area contributed by atoms with Gasteiger partial charge in [0.15, 0.2) is 0 Å². The molecule has 4 nitrogen and oxygen atoms in total. The maximum atomic E-state index is 13.7. The van der Waals surface area contributed by atoms with E-state index in [0.29, 0.717) is 6.04 Å². The van der Waals surface area contributed by atoms with Crippen molar-refractivity contribution in [1.29, 1.82) is 0 Å². The average Bonchev–Trinajstić information content (AvgIpc) is 2.34. The smallest absolute Gasteiger partial charge is 0.229 e. The number of anilines is 2. The molecule has 0 saturated heterocycles. The van der Waals surface area contributed by atoms with E-state index < -0.39 is 15.8 Å². The number of benzene rings is 1. The summed E-state index contributed by atoms with van der Waals surface area (Å²) in [4.78, 5) is 0. The Hall–Kier alpha value is -1.30. The van der Waals surface area contributed by atoms with E-state index >= 15 is 0 Å². The maximum absolute atomic E-state index is 13.7. The van der Waals surface area contributed by atoms with Gasteiger partial charge in [0.2, 0.25) is 10.0 Å². The van der Waals surface area contributed by atoms with Gasteiger partial charge in [0.1, 0.15) is 5.82 Å². The Morgan fingerprint density at radius 3 is 2.62 bits per heavy atom. The number of rotatable bonds is 4. The lowest BCUT2D eigenvalue weighted by Gasteiger charge is -2.39. The highest BCUT2D eigenvalue weighted by Gasteiger charge is 2.32. The van der Waals surface area contributed by atoms with Crippen LogP contribution in [0.4, 0.5) is 15.8 Å². The summed E-state index contributed by atoms with van der Waals surface area (Å²) in [5.41, 5.74) is 0.899. The van der Waals surface area contributed by atoms with Crippen LogP contribution in [0.1, 0.15) is 39.5 Å². The molecule has 0 bridgehead atoms. The molecule has 1 aromatic rings. The van der Waals surface area contributed by atoms with Crippen molar-refractivity contribution in [3.05, 3.63) is 24.0 Å². The van der Waals surface area contributed by atoms with Gasteiger partial charge in [-0.05, 0) is 36.5 Å². The molecule has 1 aromatic carbocycles. The molecule has 6 heteroatoms. The summed E-state index contributed by atoms with van der Waals surface area (Å²) in [5, 5.41) is 3.42. The van der Waals surface area contributed by atoms with Crippen LogP contribution in [0.25, 0.3) is 0 Å². The minimum atomic E-state index is -3.49. The van der Waals surface area contributed by atoms with Crippen LogP contribution in [-0.4, -0.2) is 20.7 Å². The van der Waals surface area contributed by atoms with Gasteiger partial charge in [-0.2, -0.15) is 0 Å². The quantitative estimate of drug-likeness (QED) is 0.893. The second-order valence-electron chi connectivity index (χ2n) is 6.50. The molecule has 118 valence electrons. The molecule has 0 aromatic heterocycles. The summed E-state index contributed by atoms with van der Waals surface area (Å²) in [6.45, 7) is 4.45. The fourth-order valence-corrected chi connectivity index (χ4v) is 3.41. The Morgan fingerprint density at radius 1 is 1.29 bits per heavy atom. The van der Waals surface area contributed by atoms with Crippen LogP contribution in [-0.2, 0) is 10.0 Å². The van der Waals surface area contributed by atoms with Gasteiger partial charge >= 0.3 is 0 Å². The van der Waals surface area contributed by atoms with Crippen molar-refractivity contribution in [3.8, 4) is 0 Å². The maximum Gasteiger partial charge on any atom is 0.229 e. The zero-order chi connectivity index (χ0) is 15.7. The van der Waals surface area contributed by atoms with Gasteiger partial charge in [-0.3, -0.25) is 4.72 Å². The number of sulfonamides is 1. The first-order chi connectivity index (χ1) is 9.67. The van der Waals surface area contributed by atoms with Crippen LogP contribution in [0, 0.1) is 11.2 Å². The number of hydrogen-bond acceptors (Lipinski definition) is 3. The van der Waals surface area contributed by atoms with Gasteiger partial charge < -0.3 is 5.32 Å². The van der Waals surface area contributed by atoms with Gasteiger partial charge in [0.05, 0.1) is 11.9 Å². The fourth-order valence-electron chi connectivity index (χ4n) is 2.86. The Kier molecular flexibility index (Phi) is 4.46. The van der Waals surface area contributed by atoms with Gasteiger partial charge in [-0.25, -0.2) is 12.8 Å². The van der Waals surface area contributed by atoms with E-state index in [9.17, 15) is 12.8 Å². The van der Waals surface area contributed by atoms with Gasteiger partial charge in [0.25, 0.3) is 0 Å². The van der Waals surface area contributed by atoms with Crippen LogP contribution >= 0.6 is 0 Å². The van der Waals surface area contributed by atoms with Crippen molar-refractivity contribution in [3.63, 3.8) is 0 Å². The molecular weight excluding hydrogens is 291 g/mol. The minimum absolute atomic E-state index is 0.0175. The lowest BCUT2D eigenvalue weighted by atomic mass is 9.73. The third kappa shape index (κ3) is 4.33. The molecule has 21 heavy (non-hydrogen) atoms. The van der Waals surface area contributed by atoms with E-state index in [2.05, 4.69) is 23.9 Å². The number of halogens is 1. The first-order valence-corrected chi connectivity index (χ1v) is 9.10. The van der Waals surface area contributed by atoms with Crippen molar-refractivity contribution < 1.29 is 12.8 Å². The van der Waals surface area contributed by atoms with Crippen molar-refractivity contribution >= 4 is 21.4 Å². The molecule has 1 aliphatic rings. The first kappa shape index (κ1) is 16.1. The third-order valence-corrected chi connectivity index (χ3v) is 4.70. The molecule has 0 amide bonds. The number of nitrogens with one attached hydrogen (secondary N) is 2. The monoisotopic (exact) mass is 314 g/mol. The van der Waals surface area contributed by atoms with Gasteiger partial charge in [-0.1, -0.05) is 26.7 Å². The van der Waals surface area contributed by atoms with E-state index in [1.54, 1.807) is 6.07 Å². The standard InChI is InChI=1S/C15H23FN2O2S/c1-15(2)9-5-4-6-14(15)17-11-7-8-12(16)13(10-11)18-21(3,19)20/h7-8,10,14,17-18H,4-6,9H2,1-3H3. The SMILES string of the molecule is CC1(C)CCCCC1Nc1ccc(F)c(NS(C)(=O)=O)c1. The summed E-state index contributed by atoms with van der Waals surface area (Å²) in [6.07, 6.45) is 5.64. The summed E-state index contributed by atoms with van der Waals surface area (Å²) in [6, 6.07) is 4.75. The zero-order valence-corrected chi connectivity index (χ0v) is 13.6. The Bertz CT molecular complexity index is 614. The molecule has 1 unspecified atom stereocenters. The van der Waals surface area contributed by atoms with Crippen LogP contribution in [0.3, 0.4) is 0 Å². The molecular formula is C15H23FN2O2S. The van der Waals surface area contributed by atoms with Crippen molar-refractivity contribution in [1.82, 2.24) is 0 Å². The van der Waals surface area contributed by atoms with Crippen LogP contribution in [0.15, 0.2) is 18.2 Å². The zero-order valence-electron chi connectivity index (χ0n) is 12.7. The van der Waals surface area contributed by atoms with Crippen molar-refractivity contribution in [2.45, 2.75) is 45.6 Å². The van der Waals surface area contributed by atoms with Gasteiger partial charge in [-0.15, -0.1) is 0 Å². The predicted octanol–water partition coefficient (Wildman–Crippen LogP) is 3.58. The van der Waals surface area contributed by atoms with Crippen molar-refractivity contribution in [2.24, 2.45) is 5.41 Å². The second kappa shape index (κ2) is 5.83. The third-order valence-electron chi connectivity index (χ3n) is 4.11. The first-order valence-electron chi connectivity index (χ1n) is 7.21. The highest BCUT2D eigenvalue weighted by Crippen LogP contribution is 2.37. The largest absolute Gasteiger partial charge is 0.382 e. The Labute approximate surface area is 126 Å². The molecule has 0 heterocycles. The highest BCUT2D eigenvalue weighted by atomic mass is 32.2. The topological polar surface area (TPSA) is 58.2 Å². The summed E-state index contributed by atoms with van der Waals surface area (Å²) in [7, 11) is -3.49. The predicted molar refractivity (Wildman–Crippen MR) is 84.5 cm³/mol. The molecule has 2 rings (SSSR count). The molecule has 0 aliphatic heterocycles. The molecule has 1 aliphatic carbocycles. The van der Waals surface area contributed by atoms with Gasteiger partial charge in [0, 0.05) is 11.7 Å². The van der Waals surface area contributed by atoms with E-state index in [-0.39, 0.29) is 11.1 Å². The Morgan fingerprint density at radius 2 is 2.00 bits per heavy atom. The lowest BCUT2D eigenvalue weighted by molar-refractivity contribution is 0.217. The summed E-state index contributed by atoms with van der Waals surface area (Å²) >= 11 is 0. The molecule has 1 saturated carbocycles. The summed E-state index contributed by atoms with van der Waals surface area (Å²) < 4.78 is 38.4. The van der Waals surface area contributed by atoms with E-state index in [4.69, 9.17) is 0 Å². The lowest BCUT2D eigenvalue weighted by Crippen LogP contribution is -2.38. The van der Waals surface area contributed by atoms with E-state index in [1.807, 2.05) is 0 Å². The molecule has 0 spiro atoms. The normalized spacial score (nSPS) is 21.8. The molecule has 1 atom stereocenters. The van der Waals surface area contributed by atoms with E-state index in [0.717, 1.165) is 24.8 Å². The van der Waals surface area contributed by atoms with Crippen LogP contribution in [0.2, 0.25) is 0 Å². The average molecular weight is 314 g/mol. The minimum Gasteiger partial charge on any atom is -0.382 e. The molecule has 2 N–H and O–H groups in total. The van der Waals surface area contributed by atoms with E-state index in [1.165, 1.54) is 25.0 Å². The number of hydrogen-bond donors (Lipinski definition) is 2. The van der Waals surface area contributed by atoms with Crippen LogP contribution in [0.5, 0.6) is 0 Å². The molecule has 1 fully saturated rings.